The highest BCUT2D eigenvalue weighted by Gasteiger charge is 2.39. The number of likely N-dealkylation sites (N-methyl/N-ethyl adjacent to an activating group) is 1. The van der Waals surface area contributed by atoms with E-state index in [0.717, 1.165) is 17.0 Å². The number of alkyl halides is 3. The van der Waals surface area contributed by atoms with E-state index in [-0.39, 0.29) is 42.4 Å². The fourth-order valence-electron chi connectivity index (χ4n) is 3.34. The molecule has 1 unspecified atom stereocenters. The van der Waals surface area contributed by atoms with Gasteiger partial charge in [0, 0.05) is 24.4 Å². The number of likely N-dealkylation sites (tertiary alicyclic amines) is 1. The van der Waals surface area contributed by atoms with E-state index < -0.39 is 12.3 Å². The van der Waals surface area contributed by atoms with E-state index in [1.54, 1.807) is 0 Å². The third-order valence-corrected chi connectivity index (χ3v) is 4.69. The van der Waals surface area contributed by atoms with Gasteiger partial charge in [0.25, 0.3) is 5.89 Å². The second-order valence-electron chi connectivity index (χ2n) is 7.00. The van der Waals surface area contributed by atoms with E-state index in [9.17, 15) is 27.9 Å². The SMILES string of the molecule is C[NH+]1C[C@@H](NC(=O)CCC(=O)[O-])C[C@H]1c1nc(-c2ccc(OC(F)(F)F)cc2)no1. The van der Waals surface area contributed by atoms with E-state index in [1.165, 1.54) is 12.1 Å². The standard InChI is InChI=1S/C18H19F3N4O5/c1-25-9-11(22-14(26)6-7-15(27)28)8-13(25)17-23-16(24-30-17)10-2-4-12(5-3-10)29-18(19,20)21/h2-5,11,13H,6-9H2,1H3,(H,22,26)(H,27,28)/t11-,13-/m0/s1. The van der Waals surface area contributed by atoms with Gasteiger partial charge in [0.15, 0.2) is 6.04 Å². The average molecular weight is 428 g/mol. The zero-order valence-electron chi connectivity index (χ0n) is 15.9. The zero-order chi connectivity index (χ0) is 21.9. The Morgan fingerprint density at radius 1 is 1.30 bits per heavy atom. The minimum atomic E-state index is -4.77. The summed E-state index contributed by atoms with van der Waals surface area (Å²) in [6.07, 6.45) is -4.75. The number of carboxylic acid groups (broad SMARTS) is 1. The monoisotopic (exact) mass is 428 g/mol. The molecule has 1 aromatic carbocycles. The van der Waals surface area contributed by atoms with Gasteiger partial charge in [-0.15, -0.1) is 13.2 Å². The number of nitrogens with one attached hydrogen (secondary N) is 2. The zero-order valence-corrected chi connectivity index (χ0v) is 15.9. The number of aromatic nitrogens is 2. The van der Waals surface area contributed by atoms with Crippen LogP contribution < -0.4 is 20.1 Å². The Bertz CT molecular complexity index is 900. The number of quaternary nitrogens is 1. The maximum atomic E-state index is 12.2. The van der Waals surface area contributed by atoms with E-state index in [4.69, 9.17) is 4.52 Å². The number of hydrogen-bond donors (Lipinski definition) is 2. The maximum Gasteiger partial charge on any atom is 0.573 e. The van der Waals surface area contributed by atoms with Crippen molar-refractivity contribution in [3.8, 4) is 17.1 Å². The first-order valence-electron chi connectivity index (χ1n) is 9.12. The fourth-order valence-corrected chi connectivity index (χ4v) is 3.34. The van der Waals surface area contributed by atoms with Crippen molar-refractivity contribution >= 4 is 11.9 Å². The first kappa shape index (κ1) is 21.6. The number of carboxylic acids is 1. The first-order valence-corrected chi connectivity index (χ1v) is 9.12. The number of carbonyl (C=O) groups excluding carboxylic acids is 2. The maximum absolute atomic E-state index is 12.2. The van der Waals surface area contributed by atoms with Crippen LogP contribution in [0.2, 0.25) is 0 Å². The van der Waals surface area contributed by atoms with Crippen LogP contribution in [0.1, 0.15) is 31.2 Å². The van der Waals surface area contributed by atoms with Gasteiger partial charge in [0.2, 0.25) is 11.7 Å². The van der Waals surface area contributed by atoms with Crippen molar-refractivity contribution in [1.82, 2.24) is 15.5 Å². The summed E-state index contributed by atoms with van der Waals surface area (Å²) in [5.41, 5.74) is 0.460. The van der Waals surface area contributed by atoms with Gasteiger partial charge in [-0.3, -0.25) is 4.79 Å². The lowest BCUT2D eigenvalue weighted by Gasteiger charge is -2.11. The molecule has 0 spiro atoms. The van der Waals surface area contributed by atoms with Gasteiger partial charge >= 0.3 is 6.36 Å². The summed E-state index contributed by atoms with van der Waals surface area (Å²) in [6, 6.07) is 4.72. The molecule has 3 rings (SSSR count). The normalized spacial score (nSPS) is 21.4. The van der Waals surface area contributed by atoms with E-state index in [2.05, 4.69) is 20.2 Å². The molecule has 1 aliphatic rings. The fraction of sp³-hybridized carbons (Fsp3) is 0.444. The Morgan fingerprint density at radius 2 is 2.00 bits per heavy atom. The molecule has 0 aliphatic carbocycles. The van der Waals surface area contributed by atoms with Crippen LogP contribution in [0.4, 0.5) is 13.2 Å². The highest BCUT2D eigenvalue weighted by atomic mass is 19.4. The summed E-state index contributed by atoms with van der Waals surface area (Å²) in [7, 11) is 1.89. The number of rotatable bonds is 7. The lowest BCUT2D eigenvalue weighted by Crippen LogP contribution is -3.07. The molecule has 12 heteroatoms. The molecule has 2 heterocycles. The van der Waals surface area contributed by atoms with Crippen LogP contribution in [-0.4, -0.2) is 48.0 Å². The third kappa shape index (κ3) is 5.69. The Labute approximate surface area is 168 Å². The van der Waals surface area contributed by atoms with E-state index >= 15 is 0 Å². The molecule has 0 saturated carbocycles. The number of halogens is 3. The van der Waals surface area contributed by atoms with Crippen LogP contribution in [0.15, 0.2) is 28.8 Å². The molecule has 162 valence electrons. The summed E-state index contributed by atoms with van der Waals surface area (Å²) >= 11 is 0. The van der Waals surface area contributed by atoms with Gasteiger partial charge in [-0.05, 0) is 30.7 Å². The minimum Gasteiger partial charge on any atom is -0.550 e. The van der Waals surface area contributed by atoms with Gasteiger partial charge in [-0.1, -0.05) is 5.16 Å². The molecule has 0 bridgehead atoms. The predicted octanol–water partition coefficient (Wildman–Crippen LogP) is -0.390. The van der Waals surface area contributed by atoms with Crippen LogP contribution in [0.3, 0.4) is 0 Å². The Hall–Kier alpha value is -3.15. The van der Waals surface area contributed by atoms with Crippen molar-refractivity contribution in [3.63, 3.8) is 0 Å². The van der Waals surface area contributed by atoms with Crippen LogP contribution in [0.25, 0.3) is 11.4 Å². The molecule has 2 N–H and O–H groups in total. The van der Waals surface area contributed by atoms with Gasteiger partial charge < -0.3 is 29.4 Å². The average Bonchev–Trinajstić information content (AvgIpc) is 3.26. The van der Waals surface area contributed by atoms with Crippen molar-refractivity contribution in [3.05, 3.63) is 30.2 Å². The molecular formula is C18H19F3N4O5. The molecule has 30 heavy (non-hydrogen) atoms. The van der Waals surface area contributed by atoms with Gasteiger partial charge in [-0.25, -0.2) is 0 Å². The number of hydrogen-bond acceptors (Lipinski definition) is 7. The Morgan fingerprint density at radius 3 is 2.63 bits per heavy atom. The molecule has 1 amide bonds. The van der Waals surface area contributed by atoms with Crippen molar-refractivity contribution in [1.29, 1.82) is 0 Å². The summed E-state index contributed by atoms with van der Waals surface area (Å²) in [5.74, 6) is -1.45. The van der Waals surface area contributed by atoms with E-state index in [0.29, 0.717) is 24.4 Å². The van der Waals surface area contributed by atoms with Crippen LogP contribution in [0.5, 0.6) is 5.75 Å². The van der Waals surface area contributed by atoms with Crippen LogP contribution in [-0.2, 0) is 9.59 Å². The second-order valence-corrected chi connectivity index (χ2v) is 7.00. The Kier molecular flexibility index (Phi) is 6.25. The molecule has 1 saturated heterocycles. The lowest BCUT2D eigenvalue weighted by atomic mass is 10.1. The minimum absolute atomic E-state index is 0.151. The van der Waals surface area contributed by atoms with Crippen molar-refractivity contribution in [2.45, 2.75) is 37.7 Å². The molecule has 3 atom stereocenters. The predicted molar refractivity (Wildman–Crippen MR) is 91.7 cm³/mol. The topological polar surface area (TPSA) is 122 Å². The summed E-state index contributed by atoms with van der Waals surface area (Å²) < 4.78 is 45.9. The molecule has 0 radical (unpaired) electrons. The number of ether oxygens (including phenoxy) is 1. The highest BCUT2D eigenvalue weighted by Crippen LogP contribution is 2.26. The molecular weight excluding hydrogens is 409 g/mol. The largest absolute Gasteiger partial charge is 0.573 e. The number of carbonyl (C=O) groups is 2. The van der Waals surface area contributed by atoms with Gasteiger partial charge in [0.1, 0.15) is 5.75 Å². The summed E-state index contributed by atoms with van der Waals surface area (Å²) in [5, 5.41) is 17.1. The number of nitrogens with zero attached hydrogens (tertiary/aromatic N) is 2. The summed E-state index contributed by atoms with van der Waals surface area (Å²) in [6.45, 7) is 0.586. The number of amides is 1. The molecule has 1 aliphatic heterocycles. The van der Waals surface area contributed by atoms with Crippen LogP contribution in [0, 0.1) is 0 Å². The smallest absolute Gasteiger partial charge is 0.550 e. The quantitative estimate of drug-likeness (QED) is 0.616. The Balaban J connectivity index is 1.61. The molecule has 1 fully saturated rings. The first-order chi connectivity index (χ1) is 14.1. The molecule has 1 aromatic heterocycles. The van der Waals surface area contributed by atoms with Gasteiger partial charge in [0.05, 0.1) is 19.6 Å². The van der Waals surface area contributed by atoms with Crippen molar-refractivity contribution < 1.29 is 42.0 Å². The van der Waals surface area contributed by atoms with E-state index in [1.807, 2.05) is 7.05 Å². The number of benzene rings is 1. The van der Waals surface area contributed by atoms with Crippen LogP contribution >= 0.6 is 0 Å². The third-order valence-electron chi connectivity index (χ3n) is 4.69. The molecule has 2 aromatic rings. The summed E-state index contributed by atoms with van der Waals surface area (Å²) in [4.78, 5) is 27.6. The van der Waals surface area contributed by atoms with Crippen molar-refractivity contribution in [2.24, 2.45) is 0 Å². The highest BCUT2D eigenvalue weighted by molar-refractivity contribution is 5.80. The van der Waals surface area contributed by atoms with Gasteiger partial charge in [-0.2, -0.15) is 4.98 Å². The second kappa shape index (κ2) is 8.69. The number of aliphatic carboxylic acids is 1. The lowest BCUT2D eigenvalue weighted by molar-refractivity contribution is -0.900. The van der Waals surface area contributed by atoms with Crippen molar-refractivity contribution in [2.75, 3.05) is 13.6 Å². The molecule has 9 nitrogen and oxygen atoms in total.